The van der Waals surface area contributed by atoms with E-state index in [0.717, 1.165) is 14.2 Å². The lowest BCUT2D eigenvalue weighted by molar-refractivity contribution is 0.102. The maximum absolute atomic E-state index is 12.2. The van der Waals surface area contributed by atoms with Crippen molar-refractivity contribution in [2.75, 3.05) is 11.6 Å². The Bertz CT molecular complexity index is 618. The van der Waals surface area contributed by atoms with E-state index in [1.165, 1.54) is 0 Å². The van der Waals surface area contributed by atoms with Crippen LogP contribution in [0.3, 0.4) is 0 Å². The number of carbonyl (C=O) groups excluding carboxylic acids is 1. The van der Waals surface area contributed by atoms with E-state index in [2.05, 4.69) is 27.9 Å². The van der Waals surface area contributed by atoms with Crippen molar-refractivity contribution >= 4 is 57.5 Å². The van der Waals surface area contributed by atoms with E-state index in [4.69, 9.17) is 11.6 Å². The van der Waals surface area contributed by atoms with E-state index >= 15 is 0 Å². The summed E-state index contributed by atoms with van der Waals surface area (Å²) in [5, 5.41) is 3.52. The van der Waals surface area contributed by atoms with Gasteiger partial charge in [-0.15, -0.1) is 11.8 Å². The molecule has 1 amide bonds. The Morgan fingerprint density at radius 1 is 1.26 bits per heavy atom. The Morgan fingerprint density at radius 3 is 2.74 bits per heavy atom. The third-order valence-electron chi connectivity index (χ3n) is 2.50. The number of anilines is 1. The van der Waals surface area contributed by atoms with Crippen molar-refractivity contribution in [3.63, 3.8) is 0 Å². The monoisotopic (exact) mass is 403 g/mol. The fourth-order valence-corrected chi connectivity index (χ4v) is 3.15. The Labute approximate surface area is 135 Å². The van der Waals surface area contributed by atoms with Crippen LogP contribution in [0, 0.1) is 3.57 Å². The highest BCUT2D eigenvalue weighted by atomic mass is 127. The lowest BCUT2D eigenvalue weighted by atomic mass is 10.2. The average molecular weight is 404 g/mol. The minimum atomic E-state index is -0.126. The first-order valence-electron chi connectivity index (χ1n) is 5.50. The van der Waals surface area contributed by atoms with Gasteiger partial charge in [-0.25, -0.2) is 0 Å². The minimum absolute atomic E-state index is 0.126. The topological polar surface area (TPSA) is 29.1 Å². The van der Waals surface area contributed by atoms with Crippen molar-refractivity contribution in [3.05, 3.63) is 56.6 Å². The molecule has 2 aromatic carbocycles. The SMILES string of the molecule is CSc1cccc(NC(=O)c2ccc(Cl)cc2I)c1. The van der Waals surface area contributed by atoms with Gasteiger partial charge >= 0.3 is 0 Å². The molecule has 0 unspecified atom stereocenters. The van der Waals surface area contributed by atoms with Gasteiger partial charge in [0, 0.05) is 19.2 Å². The quantitative estimate of drug-likeness (QED) is 0.582. The molecular weight excluding hydrogens is 393 g/mol. The zero-order valence-corrected chi connectivity index (χ0v) is 13.8. The summed E-state index contributed by atoms with van der Waals surface area (Å²) in [4.78, 5) is 13.3. The van der Waals surface area contributed by atoms with Gasteiger partial charge in [0.2, 0.25) is 0 Å². The molecule has 0 aliphatic carbocycles. The van der Waals surface area contributed by atoms with Crippen LogP contribution < -0.4 is 5.32 Å². The number of halogens is 2. The first-order valence-corrected chi connectivity index (χ1v) is 8.19. The number of rotatable bonds is 3. The number of benzene rings is 2. The van der Waals surface area contributed by atoms with Crippen LogP contribution in [0.1, 0.15) is 10.4 Å². The van der Waals surface area contributed by atoms with Gasteiger partial charge in [0.1, 0.15) is 0 Å². The van der Waals surface area contributed by atoms with Crippen LogP contribution in [0.25, 0.3) is 0 Å². The Kier molecular flexibility index (Phi) is 5.13. The summed E-state index contributed by atoms with van der Waals surface area (Å²) in [6.07, 6.45) is 2.00. The zero-order valence-electron chi connectivity index (χ0n) is 10.1. The highest BCUT2D eigenvalue weighted by Crippen LogP contribution is 2.22. The summed E-state index contributed by atoms with van der Waals surface area (Å²) >= 11 is 9.63. The maximum Gasteiger partial charge on any atom is 0.256 e. The normalized spacial score (nSPS) is 10.3. The Morgan fingerprint density at radius 2 is 2.05 bits per heavy atom. The molecule has 0 saturated carbocycles. The first kappa shape index (κ1) is 14.7. The molecule has 0 radical (unpaired) electrons. The largest absolute Gasteiger partial charge is 0.322 e. The average Bonchev–Trinajstić information content (AvgIpc) is 2.38. The van der Waals surface area contributed by atoms with E-state index < -0.39 is 0 Å². The van der Waals surface area contributed by atoms with Crippen molar-refractivity contribution in [1.82, 2.24) is 0 Å². The first-order chi connectivity index (χ1) is 9.10. The fraction of sp³-hybridized carbons (Fsp3) is 0.0714. The number of hydrogen-bond donors (Lipinski definition) is 1. The van der Waals surface area contributed by atoms with E-state index in [0.29, 0.717) is 10.6 Å². The molecule has 5 heteroatoms. The van der Waals surface area contributed by atoms with Gasteiger partial charge in [0.25, 0.3) is 5.91 Å². The highest BCUT2D eigenvalue weighted by Gasteiger charge is 2.10. The van der Waals surface area contributed by atoms with Gasteiger partial charge < -0.3 is 5.32 Å². The van der Waals surface area contributed by atoms with E-state index in [1.54, 1.807) is 30.0 Å². The van der Waals surface area contributed by atoms with Gasteiger partial charge in [-0.3, -0.25) is 4.79 Å². The molecule has 0 fully saturated rings. The number of amides is 1. The third-order valence-corrected chi connectivity index (χ3v) is 4.36. The van der Waals surface area contributed by atoms with Crippen molar-refractivity contribution in [2.45, 2.75) is 4.90 Å². The van der Waals surface area contributed by atoms with Crippen LogP contribution in [0.5, 0.6) is 0 Å². The molecule has 0 saturated heterocycles. The van der Waals surface area contributed by atoms with Crippen molar-refractivity contribution in [3.8, 4) is 0 Å². The molecular formula is C14H11ClINOS. The lowest BCUT2D eigenvalue weighted by Gasteiger charge is -2.08. The molecule has 0 bridgehead atoms. The van der Waals surface area contributed by atoms with Gasteiger partial charge in [0.15, 0.2) is 0 Å². The molecule has 2 rings (SSSR count). The molecule has 0 spiro atoms. The molecule has 0 aromatic heterocycles. The van der Waals surface area contributed by atoms with Crippen molar-refractivity contribution in [2.24, 2.45) is 0 Å². The number of thioether (sulfide) groups is 1. The van der Waals surface area contributed by atoms with E-state index in [1.807, 2.05) is 30.5 Å². The molecule has 2 aromatic rings. The second-order valence-electron chi connectivity index (χ2n) is 3.81. The van der Waals surface area contributed by atoms with Gasteiger partial charge in [-0.2, -0.15) is 0 Å². The molecule has 1 N–H and O–H groups in total. The van der Waals surface area contributed by atoms with Gasteiger partial charge in [0.05, 0.1) is 5.56 Å². The Hall–Kier alpha value is -0.720. The van der Waals surface area contributed by atoms with Gasteiger partial charge in [-0.05, 0) is 65.2 Å². The molecule has 0 atom stereocenters. The highest BCUT2D eigenvalue weighted by molar-refractivity contribution is 14.1. The Balaban J connectivity index is 2.20. The second kappa shape index (κ2) is 6.63. The van der Waals surface area contributed by atoms with Crippen LogP contribution in [-0.4, -0.2) is 12.2 Å². The summed E-state index contributed by atoms with van der Waals surface area (Å²) in [5.41, 5.74) is 1.42. The summed E-state index contributed by atoms with van der Waals surface area (Å²) in [7, 11) is 0. The predicted molar refractivity (Wildman–Crippen MR) is 90.3 cm³/mol. The summed E-state index contributed by atoms with van der Waals surface area (Å²) < 4.78 is 0.837. The molecule has 19 heavy (non-hydrogen) atoms. The minimum Gasteiger partial charge on any atom is -0.322 e. The van der Waals surface area contributed by atoms with Crippen LogP contribution in [-0.2, 0) is 0 Å². The number of nitrogens with one attached hydrogen (secondary N) is 1. The van der Waals surface area contributed by atoms with Crippen molar-refractivity contribution < 1.29 is 4.79 Å². The molecule has 98 valence electrons. The van der Waals surface area contributed by atoms with E-state index in [-0.39, 0.29) is 5.91 Å². The van der Waals surface area contributed by atoms with Crippen LogP contribution in [0.15, 0.2) is 47.4 Å². The predicted octanol–water partition coefficient (Wildman–Crippen LogP) is 4.92. The molecule has 0 heterocycles. The molecule has 0 aliphatic heterocycles. The zero-order chi connectivity index (χ0) is 13.8. The van der Waals surface area contributed by atoms with Gasteiger partial charge in [-0.1, -0.05) is 17.7 Å². The number of hydrogen-bond acceptors (Lipinski definition) is 2. The van der Waals surface area contributed by atoms with Crippen LogP contribution in [0.2, 0.25) is 5.02 Å². The van der Waals surface area contributed by atoms with Crippen molar-refractivity contribution in [1.29, 1.82) is 0 Å². The lowest BCUT2D eigenvalue weighted by Crippen LogP contribution is -2.13. The standard InChI is InChI=1S/C14H11ClINOS/c1-19-11-4-2-3-10(8-11)17-14(18)12-6-5-9(15)7-13(12)16/h2-8H,1H3,(H,17,18). The van der Waals surface area contributed by atoms with Crippen LogP contribution in [0.4, 0.5) is 5.69 Å². The maximum atomic E-state index is 12.2. The summed E-state index contributed by atoms with van der Waals surface area (Å²) in [6.45, 7) is 0. The molecule has 2 nitrogen and oxygen atoms in total. The summed E-state index contributed by atoms with van der Waals surface area (Å²) in [6, 6.07) is 13.0. The van der Waals surface area contributed by atoms with E-state index in [9.17, 15) is 4.79 Å². The third kappa shape index (κ3) is 3.87. The number of carbonyl (C=O) groups is 1. The second-order valence-corrected chi connectivity index (χ2v) is 6.29. The molecule has 0 aliphatic rings. The summed E-state index contributed by atoms with van der Waals surface area (Å²) in [5.74, 6) is -0.126. The smallest absolute Gasteiger partial charge is 0.256 e. The van der Waals surface area contributed by atoms with Crippen LogP contribution >= 0.6 is 46.0 Å². The fourth-order valence-electron chi connectivity index (χ4n) is 1.57.